The van der Waals surface area contributed by atoms with Gasteiger partial charge in [0.25, 0.3) is 5.69 Å². The van der Waals surface area contributed by atoms with E-state index in [2.05, 4.69) is 5.43 Å². The topological polar surface area (TPSA) is 128 Å². The lowest BCUT2D eigenvalue weighted by atomic mass is 10.3. The van der Waals surface area contributed by atoms with Gasteiger partial charge in [0.1, 0.15) is 0 Å². The predicted molar refractivity (Wildman–Crippen MR) is 72.6 cm³/mol. The average Bonchev–Trinajstić information content (AvgIpc) is 2.43. The molecule has 0 aliphatic carbocycles. The van der Waals surface area contributed by atoms with Crippen molar-refractivity contribution in [3.63, 3.8) is 0 Å². The second kappa shape index (κ2) is 6.61. The normalized spacial score (nSPS) is 11.6. The third kappa shape index (κ3) is 3.42. The van der Waals surface area contributed by atoms with Gasteiger partial charge in [-0.15, -0.1) is 0 Å². The minimum atomic E-state index is -3.97. The molecule has 0 fully saturated rings. The molecule has 1 aromatic rings. The Hall–Kier alpha value is -1.75. The highest BCUT2D eigenvalue weighted by atomic mass is 32.2. The molecule has 0 radical (unpaired) electrons. The Bertz CT molecular complexity index is 589. The molecule has 20 heavy (non-hydrogen) atoms. The Kier molecular flexibility index (Phi) is 5.39. The van der Waals surface area contributed by atoms with Gasteiger partial charge in [-0.2, -0.15) is 4.31 Å². The van der Waals surface area contributed by atoms with Crippen LogP contribution in [0.1, 0.15) is 0 Å². The number of benzene rings is 1. The van der Waals surface area contributed by atoms with Gasteiger partial charge < -0.3 is 10.2 Å². The molecule has 9 nitrogen and oxygen atoms in total. The van der Waals surface area contributed by atoms with Gasteiger partial charge in [-0.3, -0.25) is 16.0 Å². The summed E-state index contributed by atoms with van der Waals surface area (Å²) < 4.78 is 30.3. The van der Waals surface area contributed by atoms with Crippen LogP contribution in [0.2, 0.25) is 0 Å². The number of hydrogen-bond donors (Lipinski definition) is 2. The Morgan fingerprint density at radius 3 is 2.65 bits per heavy atom. The number of rotatable bonds is 7. The number of hydrogen-bond acceptors (Lipinski definition) is 7. The fraction of sp³-hybridized carbons (Fsp3) is 0.400. The number of anilines is 1. The zero-order valence-corrected chi connectivity index (χ0v) is 11.9. The number of nitro groups is 1. The molecule has 1 aromatic carbocycles. The van der Waals surface area contributed by atoms with Crippen molar-refractivity contribution in [2.75, 3.05) is 32.7 Å². The molecular weight excluding hydrogens is 288 g/mol. The van der Waals surface area contributed by atoms with Gasteiger partial charge in [-0.1, -0.05) is 0 Å². The summed E-state index contributed by atoms with van der Waals surface area (Å²) in [4.78, 5) is 9.85. The monoisotopic (exact) mass is 304 g/mol. The molecule has 0 amide bonds. The summed E-state index contributed by atoms with van der Waals surface area (Å²) in [6, 6.07) is 3.56. The SMILES string of the molecule is COCCN(C)S(=O)(=O)c1ccc(NN)cc1[N+](=O)[O-]. The molecule has 0 heterocycles. The van der Waals surface area contributed by atoms with E-state index in [-0.39, 0.29) is 23.7 Å². The molecule has 0 spiro atoms. The summed E-state index contributed by atoms with van der Waals surface area (Å²) in [5.41, 5.74) is 1.94. The zero-order valence-electron chi connectivity index (χ0n) is 11.1. The maximum Gasteiger partial charge on any atom is 0.291 e. The Morgan fingerprint density at radius 1 is 1.50 bits per heavy atom. The van der Waals surface area contributed by atoms with Crippen LogP contribution in [-0.4, -0.2) is 45.0 Å². The predicted octanol–water partition coefficient (Wildman–Crippen LogP) is 0.147. The maximum atomic E-state index is 12.3. The number of hydrazine groups is 1. The van der Waals surface area contributed by atoms with Gasteiger partial charge in [-0.05, 0) is 12.1 Å². The minimum absolute atomic E-state index is 0.0902. The van der Waals surface area contributed by atoms with Crippen LogP contribution >= 0.6 is 0 Å². The first-order valence-corrected chi connectivity index (χ1v) is 6.99. The van der Waals surface area contributed by atoms with Crippen LogP contribution in [0.4, 0.5) is 11.4 Å². The number of ether oxygens (including phenoxy) is 1. The largest absolute Gasteiger partial charge is 0.383 e. The molecule has 0 aliphatic heterocycles. The Balaban J connectivity index is 3.27. The molecule has 1 rings (SSSR count). The van der Waals surface area contributed by atoms with E-state index in [0.29, 0.717) is 0 Å². The lowest BCUT2D eigenvalue weighted by Crippen LogP contribution is -2.30. The first kappa shape index (κ1) is 16.3. The molecule has 0 saturated heterocycles. The van der Waals surface area contributed by atoms with E-state index in [9.17, 15) is 18.5 Å². The van der Waals surface area contributed by atoms with Crippen molar-refractivity contribution in [1.82, 2.24) is 4.31 Å². The highest BCUT2D eigenvalue weighted by Crippen LogP contribution is 2.28. The van der Waals surface area contributed by atoms with Gasteiger partial charge in [0.15, 0.2) is 4.90 Å². The van der Waals surface area contributed by atoms with Crippen molar-refractivity contribution in [2.45, 2.75) is 4.90 Å². The van der Waals surface area contributed by atoms with Crippen molar-refractivity contribution in [3.05, 3.63) is 28.3 Å². The van der Waals surface area contributed by atoms with E-state index in [1.54, 1.807) is 0 Å². The fourth-order valence-corrected chi connectivity index (χ4v) is 2.76. The van der Waals surface area contributed by atoms with E-state index in [1.807, 2.05) is 0 Å². The van der Waals surface area contributed by atoms with Gasteiger partial charge >= 0.3 is 0 Å². The van der Waals surface area contributed by atoms with Crippen LogP contribution in [0.15, 0.2) is 23.1 Å². The Labute approximate surface area is 116 Å². The zero-order chi connectivity index (χ0) is 15.3. The second-order valence-electron chi connectivity index (χ2n) is 3.90. The number of nitrogen functional groups attached to an aromatic ring is 1. The van der Waals surface area contributed by atoms with Gasteiger partial charge in [-0.25, -0.2) is 8.42 Å². The van der Waals surface area contributed by atoms with Gasteiger partial charge in [0.05, 0.1) is 17.2 Å². The molecule has 0 aliphatic rings. The van der Waals surface area contributed by atoms with Crippen molar-refractivity contribution in [3.8, 4) is 0 Å². The van der Waals surface area contributed by atoms with Gasteiger partial charge in [0.2, 0.25) is 10.0 Å². The fourth-order valence-electron chi connectivity index (χ4n) is 1.48. The van der Waals surface area contributed by atoms with E-state index in [0.717, 1.165) is 16.4 Å². The van der Waals surface area contributed by atoms with Crippen molar-refractivity contribution < 1.29 is 18.1 Å². The molecule has 0 saturated carbocycles. The third-order valence-corrected chi connectivity index (χ3v) is 4.53. The maximum absolute atomic E-state index is 12.3. The van der Waals surface area contributed by atoms with Crippen LogP contribution in [0.3, 0.4) is 0 Å². The molecule has 0 atom stereocenters. The molecule has 0 aromatic heterocycles. The van der Waals surface area contributed by atoms with Gasteiger partial charge in [0, 0.05) is 26.8 Å². The quantitative estimate of drug-likeness (QED) is 0.417. The molecule has 112 valence electrons. The molecule has 0 unspecified atom stereocenters. The summed E-state index contributed by atoms with van der Waals surface area (Å²) in [5.74, 6) is 5.15. The molecule has 10 heteroatoms. The first-order chi connectivity index (χ1) is 9.34. The van der Waals surface area contributed by atoms with E-state index < -0.39 is 20.6 Å². The highest BCUT2D eigenvalue weighted by Gasteiger charge is 2.29. The summed E-state index contributed by atoms with van der Waals surface area (Å²) in [6.07, 6.45) is 0. The van der Waals surface area contributed by atoms with Crippen LogP contribution in [0, 0.1) is 10.1 Å². The molecular formula is C10H16N4O5S. The minimum Gasteiger partial charge on any atom is -0.383 e. The number of sulfonamides is 1. The Morgan fingerprint density at radius 2 is 2.15 bits per heavy atom. The van der Waals surface area contributed by atoms with E-state index in [1.165, 1.54) is 20.2 Å². The number of likely N-dealkylation sites (N-methyl/N-ethyl adjacent to an activating group) is 1. The standard InChI is InChI=1S/C10H16N4O5S/c1-13(5-6-19-2)20(17,18)10-4-3-8(12-11)7-9(10)14(15)16/h3-4,7,12H,5-6,11H2,1-2H3. The van der Waals surface area contributed by atoms with Crippen LogP contribution in [0.25, 0.3) is 0 Å². The summed E-state index contributed by atoms with van der Waals surface area (Å²) in [6.45, 7) is 0.277. The van der Waals surface area contributed by atoms with Crippen LogP contribution < -0.4 is 11.3 Å². The van der Waals surface area contributed by atoms with Crippen LogP contribution in [-0.2, 0) is 14.8 Å². The molecule has 0 bridgehead atoms. The summed E-state index contributed by atoms with van der Waals surface area (Å²) >= 11 is 0. The van der Waals surface area contributed by atoms with Crippen molar-refractivity contribution in [1.29, 1.82) is 0 Å². The number of nitrogens with one attached hydrogen (secondary N) is 1. The van der Waals surface area contributed by atoms with Crippen molar-refractivity contribution in [2.24, 2.45) is 5.84 Å². The smallest absolute Gasteiger partial charge is 0.291 e. The first-order valence-electron chi connectivity index (χ1n) is 5.55. The highest BCUT2D eigenvalue weighted by molar-refractivity contribution is 7.89. The number of nitrogens with zero attached hydrogens (tertiary/aromatic N) is 2. The van der Waals surface area contributed by atoms with E-state index >= 15 is 0 Å². The molecule has 3 N–H and O–H groups in total. The number of nitrogens with two attached hydrogens (primary N) is 1. The van der Waals surface area contributed by atoms with E-state index in [4.69, 9.17) is 10.6 Å². The summed E-state index contributed by atoms with van der Waals surface area (Å²) in [5, 5.41) is 11.0. The lowest BCUT2D eigenvalue weighted by Gasteiger charge is -2.16. The average molecular weight is 304 g/mol. The number of nitro benzene ring substituents is 1. The second-order valence-corrected chi connectivity index (χ2v) is 5.92. The van der Waals surface area contributed by atoms with Crippen LogP contribution in [0.5, 0.6) is 0 Å². The lowest BCUT2D eigenvalue weighted by molar-refractivity contribution is -0.387. The summed E-state index contributed by atoms with van der Waals surface area (Å²) in [7, 11) is -1.21. The number of methoxy groups -OCH3 is 1. The van der Waals surface area contributed by atoms with Crippen molar-refractivity contribution >= 4 is 21.4 Å². The third-order valence-electron chi connectivity index (χ3n) is 2.62.